The normalized spacial score (nSPS) is 14.8. The van der Waals surface area contributed by atoms with Crippen LogP contribution in [0.3, 0.4) is 0 Å². The van der Waals surface area contributed by atoms with Gasteiger partial charge in [0.05, 0.1) is 4.90 Å². The third-order valence-corrected chi connectivity index (χ3v) is 5.03. The summed E-state index contributed by atoms with van der Waals surface area (Å²) in [7, 11) is -3.75. The molecule has 0 heterocycles. The molecule has 3 N–H and O–H groups in total. The van der Waals surface area contributed by atoms with Gasteiger partial charge >= 0.3 is 0 Å². The van der Waals surface area contributed by atoms with Gasteiger partial charge in [0.25, 0.3) is 0 Å². The third-order valence-electron chi connectivity index (χ3n) is 3.59. The number of carbonyl (C=O) groups is 1. The Morgan fingerprint density at radius 2 is 1.90 bits per heavy atom. The van der Waals surface area contributed by atoms with Crippen LogP contribution in [0.15, 0.2) is 23.1 Å². The van der Waals surface area contributed by atoms with E-state index in [1.54, 1.807) is 19.1 Å². The average molecular weight is 298 g/mol. The van der Waals surface area contributed by atoms with Gasteiger partial charge in [0, 0.05) is 0 Å². The summed E-state index contributed by atoms with van der Waals surface area (Å²) in [4.78, 5) is 11.6. The van der Waals surface area contributed by atoms with Crippen LogP contribution in [0, 0.1) is 19.8 Å². The van der Waals surface area contributed by atoms with Gasteiger partial charge in [-0.15, -0.1) is 0 Å². The van der Waals surface area contributed by atoms with Gasteiger partial charge in [-0.2, -0.15) is 4.72 Å². The lowest BCUT2D eigenvalue weighted by Gasteiger charge is -2.21. The van der Waals surface area contributed by atoms with Crippen molar-refractivity contribution in [1.82, 2.24) is 4.72 Å². The van der Waals surface area contributed by atoms with E-state index in [0.717, 1.165) is 11.1 Å². The number of amides is 1. The summed E-state index contributed by atoms with van der Waals surface area (Å²) in [5.74, 6) is -0.819. The number of nitrogens with two attached hydrogens (primary N) is 1. The molecule has 0 bridgehead atoms. The predicted molar refractivity (Wildman–Crippen MR) is 78.7 cm³/mol. The van der Waals surface area contributed by atoms with Gasteiger partial charge in [-0.1, -0.05) is 26.3 Å². The Morgan fingerprint density at radius 3 is 2.35 bits per heavy atom. The summed E-state index contributed by atoms with van der Waals surface area (Å²) in [5, 5.41) is 0. The van der Waals surface area contributed by atoms with E-state index in [4.69, 9.17) is 5.73 Å². The molecule has 0 aliphatic heterocycles. The maximum absolute atomic E-state index is 12.3. The van der Waals surface area contributed by atoms with Crippen molar-refractivity contribution in [1.29, 1.82) is 0 Å². The Balaban J connectivity index is 3.09. The molecule has 1 amide bonds. The molecule has 2 atom stereocenters. The number of sulfonamides is 1. The van der Waals surface area contributed by atoms with Crippen LogP contribution >= 0.6 is 0 Å². The lowest BCUT2D eigenvalue weighted by Crippen LogP contribution is -2.48. The molecule has 0 aliphatic carbocycles. The molecule has 2 unspecified atom stereocenters. The quantitative estimate of drug-likeness (QED) is 0.833. The first-order valence-electron chi connectivity index (χ1n) is 6.58. The van der Waals surface area contributed by atoms with E-state index in [1.165, 1.54) is 6.07 Å². The standard InChI is InChI=1S/C14H22N2O3S/c1-5-9(2)13(14(15)17)16-20(18,19)12-7-6-10(3)11(4)8-12/h6-9,13,16H,5H2,1-4H3,(H2,15,17). The molecule has 0 radical (unpaired) electrons. The van der Waals surface area contributed by atoms with E-state index in [1.807, 2.05) is 20.8 Å². The molecule has 0 saturated carbocycles. The van der Waals surface area contributed by atoms with Crippen LogP contribution < -0.4 is 10.5 Å². The SMILES string of the molecule is CCC(C)C(NS(=O)(=O)c1ccc(C)c(C)c1)C(N)=O. The first kappa shape index (κ1) is 16.7. The predicted octanol–water partition coefficient (Wildman–Crippen LogP) is 1.48. The molecule has 5 nitrogen and oxygen atoms in total. The molecular formula is C14H22N2O3S. The maximum Gasteiger partial charge on any atom is 0.241 e. The van der Waals surface area contributed by atoms with Gasteiger partial charge in [0.1, 0.15) is 6.04 Å². The van der Waals surface area contributed by atoms with E-state index in [9.17, 15) is 13.2 Å². The molecule has 6 heteroatoms. The largest absolute Gasteiger partial charge is 0.368 e. The fourth-order valence-corrected chi connectivity index (χ4v) is 3.20. The zero-order valence-electron chi connectivity index (χ0n) is 12.3. The Morgan fingerprint density at radius 1 is 1.30 bits per heavy atom. The number of benzene rings is 1. The minimum absolute atomic E-state index is 0.148. The highest BCUT2D eigenvalue weighted by Crippen LogP contribution is 2.17. The van der Waals surface area contributed by atoms with Crippen molar-refractivity contribution < 1.29 is 13.2 Å². The van der Waals surface area contributed by atoms with Crippen molar-refractivity contribution >= 4 is 15.9 Å². The molecule has 0 aliphatic rings. The van der Waals surface area contributed by atoms with Crippen molar-refractivity contribution in [3.63, 3.8) is 0 Å². The van der Waals surface area contributed by atoms with Crippen LogP contribution in [0.5, 0.6) is 0 Å². The number of rotatable bonds is 6. The van der Waals surface area contributed by atoms with Crippen LogP contribution in [0.1, 0.15) is 31.4 Å². The molecular weight excluding hydrogens is 276 g/mol. The number of primary amides is 1. The zero-order valence-corrected chi connectivity index (χ0v) is 13.1. The molecule has 112 valence electrons. The first-order valence-corrected chi connectivity index (χ1v) is 8.06. The van der Waals surface area contributed by atoms with Gasteiger partial charge in [-0.05, 0) is 43.0 Å². The van der Waals surface area contributed by atoms with E-state index in [-0.39, 0.29) is 10.8 Å². The van der Waals surface area contributed by atoms with E-state index < -0.39 is 22.0 Å². The maximum atomic E-state index is 12.3. The van der Waals surface area contributed by atoms with E-state index >= 15 is 0 Å². The van der Waals surface area contributed by atoms with Crippen molar-refractivity contribution in [3.8, 4) is 0 Å². The second-order valence-corrected chi connectivity index (χ2v) is 6.85. The van der Waals surface area contributed by atoms with Crippen LogP contribution in [0.4, 0.5) is 0 Å². The average Bonchev–Trinajstić information content (AvgIpc) is 2.38. The fourth-order valence-electron chi connectivity index (χ4n) is 1.81. The van der Waals surface area contributed by atoms with Crippen LogP contribution in [0.2, 0.25) is 0 Å². The Hall–Kier alpha value is -1.40. The molecule has 1 aromatic rings. The summed E-state index contributed by atoms with van der Waals surface area (Å²) in [6.07, 6.45) is 0.656. The molecule has 0 fully saturated rings. The Labute approximate surface area is 120 Å². The number of hydrogen-bond donors (Lipinski definition) is 2. The first-order chi connectivity index (χ1) is 9.19. The summed E-state index contributed by atoms with van der Waals surface area (Å²) in [6.45, 7) is 7.42. The monoisotopic (exact) mass is 298 g/mol. The summed E-state index contributed by atoms with van der Waals surface area (Å²) in [5.41, 5.74) is 7.18. The minimum Gasteiger partial charge on any atom is -0.368 e. The second kappa shape index (κ2) is 6.37. The molecule has 0 saturated heterocycles. The highest BCUT2D eigenvalue weighted by molar-refractivity contribution is 7.89. The van der Waals surface area contributed by atoms with Crippen LogP contribution in [-0.4, -0.2) is 20.4 Å². The lowest BCUT2D eigenvalue weighted by atomic mass is 10.00. The molecule has 20 heavy (non-hydrogen) atoms. The molecule has 0 aromatic heterocycles. The Kier molecular flexibility index (Phi) is 5.30. The molecule has 1 rings (SSSR count). The molecule has 1 aromatic carbocycles. The van der Waals surface area contributed by atoms with Gasteiger partial charge in [0.2, 0.25) is 15.9 Å². The fraction of sp³-hybridized carbons (Fsp3) is 0.500. The number of hydrogen-bond acceptors (Lipinski definition) is 3. The minimum atomic E-state index is -3.75. The third kappa shape index (κ3) is 3.80. The summed E-state index contributed by atoms with van der Waals surface area (Å²) in [6, 6.07) is 3.96. The number of carbonyl (C=O) groups excluding carboxylic acids is 1. The van der Waals surface area contributed by atoms with Gasteiger partial charge in [-0.25, -0.2) is 8.42 Å². The van der Waals surface area contributed by atoms with Crippen molar-refractivity contribution in [2.24, 2.45) is 11.7 Å². The number of nitrogens with one attached hydrogen (secondary N) is 1. The summed E-state index contributed by atoms with van der Waals surface area (Å²) >= 11 is 0. The number of aryl methyl sites for hydroxylation is 2. The highest BCUT2D eigenvalue weighted by atomic mass is 32.2. The lowest BCUT2D eigenvalue weighted by molar-refractivity contribution is -0.120. The summed E-state index contributed by atoms with van der Waals surface area (Å²) < 4.78 is 27.0. The van der Waals surface area contributed by atoms with Gasteiger partial charge < -0.3 is 5.73 Å². The van der Waals surface area contributed by atoms with E-state index in [0.29, 0.717) is 6.42 Å². The van der Waals surface area contributed by atoms with Gasteiger partial charge in [0.15, 0.2) is 0 Å². The van der Waals surface area contributed by atoms with Crippen molar-refractivity contribution in [3.05, 3.63) is 29.3 Å². The smallest absolute Gasteiger partial charge is 0.241 e. The van der Waals surface area contributed by atoms with E-state index in [2.05, 4.69) is 4.72 Å². The second-order valence-electron chi connectivity index (χ2n) is 5.13. The molecule has 0 spiro atoms. The topological polar surface area (TPSA) is 89.3 Å². The van der Waals surface area contributed by atoms with Crippen LogP contribution in [-0.2, 0) is 14.8 Å². The van der Waals surface area contributed by atoms with Crippen LogP contribution in [0.25, 0.3) is 0 Å². The van der Waals surface area contributed by atoms with Crippen molar-refractivity contribution in [2.45, 2.75) is 45.1 Å². The van der Waals surface area contributed by atoms with Crippen molar-refractivity contribution in [2.75, 3.05) is 0 Å². The zero-order chi connectivity index (χ0) is 15.5. The Bertz CT molecular complexity index is 596. The van der Waals surface area contributed by atoms with Gasteiger partial charge in [-0.3, -0.25) is 4.79 Å². The highest BCUT2D eigenvalue weighted by Gasteiger charge is 2.28.